The lowest BCUT2D eigenvalue weighted by atomic mass is 9.91. The zero-order chi connectivity index (χ0) is 16.8. The van der Waals surface area contributed by atoms with Gasteiger partial charge in [0, 0.05) is 4.47 Å². The summed E-state index contributed by atoms with van der Waals surface area (Å²) in [6.45, 7) is 0. The van der Waals surface area contributed by atoms with Gasteiger partial charge in [0.15, 0.2) is 0 Å². The monoisotopic (exact) mass is 372 g/mol. The number of hydrogen-bond donors (Lipinski definition) is 0. The molecule has 0 saturated carbocycles. The van der Waals surface area contributed by atoms with E-state index in [9.17, 15) is 0 Å². The van der Waals surface area contributed by atoms with Gasteiger partial charge in [0.05, 0.1) is 5.92 Å². The first-order valence-corrected chi connectivity index (χ1v) is 8.61. The van der Waals surface area contributed by atoms with Crippen molar-refractivity contribution >= 4 is 21.5 Å². The van der Waals surface area contributed by atoms with Crippen molar-refractivity contribution in [2.45, 2.75) is 5.92 Å². The Hall–Kier alpha value is -2.56. The molecular weight excluding hydrogens is 356 g/mol. The van der Waals surface area contributed by atoms with E-state index in [2.05, 4.69) is 88.6 Å². The summed E-state index contributed by atoms with van der Waals surface area (Å²) in [5, 5.41) is 0. The molecule has 1 atom stereocenters. The van der Waals surface area contributed by atoms with E-state index in [0.29, 0.717) is 0 Å². The van der Waals surface area contributed by atoms with Gasteiger partial charge in [-0.15, -0.1) is 6.42 Å². The summed E-state index contributed by atoms with van der Waals surface area (Å²) in [5.74, 6) is 2.84. The van der Waals surface area contributed by atoms with Crippen LogP contribution in [0.5, 0.6) is 0 Å². The number of hydrogen-bond acceptors (Lipinski definition) is 0. The fourth-order valence-corrected chi connectivity index (χ4v) is 2.94. The molecule has 0 aromatic heterocycles. The van der Waals surface area contributed by atoms with Crippen LogP contribution in [0.25, 0.3) is 5.57 Å². The predicted octanol–water partition coefficient (Wildman–Crippen LogP) is 6.30. The van der Waals surface area contributed by atoms with Crippen LogP contribution in [0.15, 0.2) is 95.5 Å². The topological polar surface area (TPSA) is 0 Å². The maximum atomic E-state index is 5.84. The molecule has 116 valence electrons. The predicted molar refractivity (Wildman–Crippen MR) is 106 cm³/mol. The summed E-state index contributed by atoms with van der Waals surface area (Å²) >= 11 is 3.47. The number of rotatable bonds is 4. The summed E-state index contributed by atoms with van der Waals surface area (Å²) in [5.41, 5.74) is 4.61. The second kappa shape index (κ2) is 7.81. The van der Waals surface area contributed by atoms with Gasteiger partial charge in [-0.05, 0) is 34.4 Å². The van der Waals surface area contributed by atoms with Crippen molar-refractivity contribution in [3.05, 3.63) is 112 Å². The maximum absolute atomic E-state index is 5.84. The smallest absolute Gasteiger partial charge is 0.0639 e. The van der Waals surface area contributed by atoms with E-state index in [1.54, 1.807) is 0 Å². The molecule has 0 saturated heterocycles. The van der Waals surface area contributed by atoms with Gasteiger partial charge < -0.3 is 0 Å². The van der Waals surface area contributed by atoms with Crippen LogP contribution in [0.1, 0.15) is 22.6 Å². The van der Waals surface area contributed by atoms with Crippen LogP contribution in [-0.4, -0.2) is 0 Å². The lowest BCUT2D eigenvalue weighted by Gasteiger charge is -2.13. The van der Waals surface area contributed by atoms with Gasteiger partial charge in [-0.25, -0.2) is 0 Å². The highest BCUT2D eigenvalue weighted by Crippen LogP contribution is 2.28. The van der Waals surface area contributed by atoms with Crippen LogP contribution in [-0.2, 0) is 0 Å². The van der Waals surface area contributed by atoms with Crippen LogP contribution in [0.2, 0.25) is 0 Å². The third kappa shape index (κ3) is 3.85. The van der Waals surface area contributed by atoms with Crippen molar-refractivity contribution in [3.8, 4) is 12.3 Å². The molecule has 0 amide bonds. The molecule has 0 fully saturated rings. The fraction of sp³-hybridized carbons (Fsp3) is 0.0435. The minimum atomic E-state index is -0.0755. The lowest BCUT2D eigenvalue weighted by molar-refractivity contribution is 1.13. The van der Waals surface area contributed by atoms with Gasteiger partial charge in [0.25, 0.3) is 0 Å². The molecule has 3 aromatic carbocycles. The molecule has 0 aliphatic heterocycles. The summed E-state index contributed by atoms with van der Waals surface area (Å²) < 4.78 is 1.05. The second-order valence-corrected chi connectivity index (χ2v) is 6.42. The summed E-state index contributed by atoms with van der Waals surface area (Å²) in [4.78, 5) is 0. The molecule has 24 heavy (non-hydrogen) atoms. The van der Waals surface area contributed by atoms with Crippen molar-refractivity contribution in [1.82, 2.24) is 0 Å². The van der Waals surface area contributed by atoms with Crippen molar-refractivity contribution in [2.75, 3.05) is 0 Å². The van der Waals surface area contributed by atoms with Crippen LogP contribution >= 0.6 is 15.9 Å². The van der Waals surface area contributed by atoms with Gasteiger partial charge in [-0.1, -0.05) is 101 Å². The molecule has 0 bridgehead atoms. The first-order valence-electron chi connectivity index (χ1n) is 7.82. The molecule has 3 aromatic rings. The number of benzene rings is 3. The highest BCUT2D eigenvalue weighted by Gasteiger charge is 2.10. The van der Waals surface area contributed by atoms with Gasteiger partial charge in [-0.3, -0.25) is 0 Å². The Morgan fingerprint density at radius 2 is 1.29 bits per heavy atom. The quantitative estimate of drug-likeness (QED) is 0.471. The first-order chi connectivity index (χ1) is 11.8. The first kappa shape index (κ1) is 16.3. The van der Waals surface area contributed by atoms with Crippen LogP contribution < -0.4 is 0 Å². The Balaban J connectivity index is 2.09. The maximum Gasteiger partial charge on any atom is 0.0639 e. The van der Waals surface area contributed by atoms with Crippen molar-refractivity contribution in [1.29, 1.82) is 0 Å². The van der Waals surface area contributed by atoms with Crippen LogP contribution in [0.4, 0.5) is 0 Å². The van der Waals surface area contributed by atoms with Crippen LogP contribution in [0, 0.1) is 12.3 Å². The average molecular weight is 373 g/mol. The number of halogens is 1. The molecule has 1 heteroatoms. The molecule has 3 rings (SSSR count). The molecular formula is C23H17Br. The Morgan fingerprint density at radius 3 is 1.75 bits per heavy atom. The highest BCUT2D eigenvalue weighted by molar-refractivity contribution is 9.10. The highest BCUT2D eigenvalue weighted by atomic mass is 79.9. The zero-order valence-corrected chi connectivity index (χ0v) is 14.8. The summed E-state index contributed by atoms with van der Waals surface area (Å²) in [6, 6.07) is 28.9. The molecule has 0 heterocycles. The average Bonchev–Trinajstić information content (AvgIpc) is 2.65. The molecule has 1 unspecified atom stereocenters. The Kier molecular flexibility index (Phi) is 5.31. The normalized spacial score (nSPS) is 11.3. The zero-order valence-electron chi connectivity index (χ0n) is 13.2. The molecule has 0 radical (unpaired) electrons. The molecule has 0 spiro atoms. The largest absolute Gasteiger partial charge is 0.119 e. The van der Waals surface area contributed by atoms with Crippen LogP contribution in [0.3, 0.4) is 0 Å². The van der Waals surface area contributed by atoms with E-state index < -0.39 is 0 Å². The van der Waals surface area contributed by atoms with E-state index in [0.717, 1.165) is 15.6 Å². The minimum absolute atomic E-state index is 0.0755. The van der Waals surface area contributed by atoms with Crippen molar-refractivity contribution in [3.63, 3.8) is 0 Å². The van der Waals surface area contributed by atoms with E-state index in [1.807, 2.05) is 24.3 Å². The van der Waals surface area contributed by atoms with Gasteiger partial charge in [0.1, 0.15) is 0 Å². The summed E-state index contributed by atoms with van der Waals surface area (Å²) in [7, 11) is 0. The van der Waals surface area contributed by atoms with E-state index in [1.165, 1.54) is 11.1 Å². The fourth-order valence-electron chi connectivity index (χ4n) is 2.67. The standard InChI is InChI=1S/C23H17Br/c1-2-18(19-13-15-22(24)16-14-19)17-23(20-9-5-3-6-10-20)21-11-7-4-8-12-21/h1,3-18H. The Labute approximate surface area is 152 Å². The molecule has 0 aliphatic rings. The Morgan fingerprint density at radius 1 is 0.792 bits per heavy atom. The van der Waals surface area contributed by atoms with Crippen molar-refractivity contribution < 1.29 is 0 Å². The van der Waals surface area contributed by atoms with E-state index >= 15 is 0 Å². The molecule has 0 nitrogen and oxygen atoms in total. The van der Waals surface area contributed by atoms with Crippen molar-refractivity contribution in [2.24, 2.45) is 0 Å². The van der Waals surface area contributed by atoms with Gasteiger partial charge >= 0.3 is 0 Å². The third-order valence-corrected chi connectivity index (χ3v) is 4.44. The SMILES string of the molecule is C#CC(C=C(c1ccccc1)c1ccccc1)c1ccc(Br)cc1. The van der Waals surface area contributed by atoms with Gasteiger partial charge in [-0.2, -0.15) is 0 Å². The molecule has 0 aliphatic carbocycles. The number of allylic oxidation sites excluding steroid dienone is 1. The second-order valence-electron chi connectivity index (χ2n) is 5.51. The lowest BCUT2D eigenvalue weighted by Crippen LogP contribution is -1.96. The minimum Gasteiger partial charge on any atom is -0.119 e. The van der Waals surface area contributed by atoms with E-state index in [4.69, 9.17) is 6.42 Å². The third-order valence-electron chi connectivity index (χ3n) is 3.91. The number of terminal acetylenes is 1. The molecule has 0 N–H and O–H groups in total. The van der Waals surface area contributed by atoms with E-state index in [-0.39, 0.29) is 5.92 Å². The van der Waals surface area contributed by atoms with Gasteiger partial charge in [0.2, 0.25) is 0 Å². The summed E-state index contributed by atoms with van der Waals surface area (Å²) in [6.07, 6.45) is 8.02. The Bertz CT molecular complexity index is 812.